The Kier molecular flexibility index (Phi) is 5.75. The third kappa shape index (κ3) is 4.54. The fraction of sp³-hybridized carbons (Fsp3) is 0.138. The van der Waals surface area contributed by atoms with Gasteiger partial charge in [-0.05, 0) is 48.9 Å². The molecule has 0 unspecified atom stereocenters. The van der Waals surface area contributed by atoms with Crippen molar-refractivity contribution in [1.29, 1.82) is 0 Å². The maximum atomic E-state index is 13.2. The van der Waals surface area contributed by atoms with E-state index in [1.165, 1.54) is 6.07 Å². The molecule has 7 nitrogen and oxygen atoms in total. The van der Waals surface area contributed by atoms with Gasteiger partial charge in [0.2, 0.25) is 5.95 Å². The number of alkyl halides is 3. The Balaban J connectivity index is 1.32. The number of aromatic nitrogens is 4. The smallest absolute Gasteiger partial charge is 0.338 e. The summed E-state index contributed by atoms with van der Waals surface area (Å²) in [5, 5.41) is 3.22. The first-order valence-electron chi connectivity index (χ1n) is 12.2. The van der Waals surface area contributed by atoms with E-state index >= 15 is 0 Å². The molecule has 0 spiro atoms. The van der Waals surface area contributed by atoms with Gasteiger partial charge in [0.05, 0.1) is 23.1 Å². The number of benzene rings is 3. The monoisotopic (exact) mass is 527 g/mol. The number of aromatic amines is 1. The predicted molar refractivity (Wildman–Crippen MR) is 147 cm³/mol. The lowest BCUT2D eigenvalue weighted by Gasteiger charge is -2.39. The van der Waals surface area contributed by atoms with Crippen LogP contribution in [0.25, 0.3) is 22.4 Å². The van der Waals surface area contributed by atoms with Gasteiger partial charge in [-0.25, -0.2) is 9.97 Å². The summed E-state index contributed by atoms with van der Waals surface area (Å²) in [6.45, 7) is 6.82. The molecule has 0 amide bonds. The molecule has 0 bridgehead atoms. The molecule has 0 saturated carbocycles. The van der Waals surface area contributed by atoms with Gasteiger partial charge in [-0.3, -0.25) is 0 Å². The number of anilines is 4. The average Bonchev–Trinajstić information content (AvgIpc) is 3.35. The van der Waals surface area contributed by atoms with Crippen LogP contribution in [0.2, 0.25) is 0 Å². The molecule has 0 atom stereocenters. The van der Waals surface area contributed by atoms with Gasteiger partial charge in [-0.2, -0.15) is 18.2 Å². The minimum atomic E-state index is -4.42. The average molecular weight is 528 g/mol. The summed E-state index contributed by atoms with van der Waals surface area (Å²) < 4.78 is 39.5. The SMILES string of the molecule is C=C1N(C)c2nc(Nc3ccccc3)ncc2CN1c1cc(-c2nc3ccc(C(F)(F)F)cc3[nH]2)ccc1C. The Morgan fingerprint density at radius 3 is 2.56 bits per heavy atom. The maximum absolute atomic E-state index is 13.2. The third-order valence-electron chi connectivity index (χ3n) is 6.80. The molecular formula is C29H24F3N7. The molecular weight excluding hydrogens is 503 g/mol. The maximum Gasteiger partial charge on any atom is 0.416 e. The first-order valence-corrected chi connectivity index (χ1v) is 12.2. The van der Waals surface area contributed by atoms with E-state index in [0.29, 0.717) is 29.4 Å². The van der Waals surface area contributed by atoms with E-state index in [1.807, 2.05) is 67.4 Å². The number of halogens is 3. The van der Waals surface area contributed by atoms with Crippen molar-refractivity contribution in [3.63, 3.8) is 0 Å². The van der Waals surface area contributed by atoms with Gasteiger partial charge in [-0.15, -0.1) is 0 Å². The van der Waals surface area contributed by atoms with Gasteiger partial charge >= 0.3 is 6.18 Å². The number of rotatable bonds is 4. The summed E-state index contributed by atoms with van der Waals surface area (Å²) in [5.41, 5.74) is 4.56. The second kappa shape index (κ2) is 9.16. The lowest BCUT2D eigenvalue weighted by Crippen LogP contribution is -2.38. The quantitative estimate of drug-likeness (QED) is 0.262. The topological polar surface area (TPSA) is 73.0 Å². The van der Waals surface area contributed by atoms with Crippen molar-refractivity contribution in [2.45, 2.75) is 19.6 Å². The number of nitrogens with zero attached hydrogens (tertiary/aromatic N) is 5. The van der Waals surface area contributed by atoms with E-state index in [2.05, 4.69) is 31.7 Å². The van der Waals surface area contributed by atoms with Gasteiger partial charge in [0.15, 0.2) is 0 Å². The lowest BCUT2D eigenvalue weighted by atomic mass is 10.1. The second-order valence-electron chi connectivity index (χ2n) is 9.41. The van der Waals surface area contributed by atoms with E-state index in [1.54, 1.807) is 6.20 Å². The van der Waals surface area contributed by atoms with Crippen LogP contribution in [-0.2, 0) is 12.7 Å². The zero-order chi connectivity index (χ0) is 27.3. The Labute approximate surface area is 222 Å². The van der Waals surface area contributed by atoms with E-state index in [0.717, 1.165) is 51.8 Å². The number of hydrogen-bond donors (Lipinski definition) is 2. The largest absolute Gasteiger partial charge is 0.416 e. The highest BCUT2D eigenvalue weighted by atomic mass is 19.4. The molecule has 0 aliphatic carbocycles. The first kappa shape index (κ1) is 24.5. The van der Waals surface area contributed by atoms with Gasteiger partial charge in [0.25, 0.3) is 0 Å². The number of imidazole rings is 1. The molecule has 196 valence electrons. The lowest BCUT2D eigenvalue weighted by molar-refractivity contribution is -0.137. The number of para-hydroxylation sites is 1. The van der Waals surface area contributed by atoms with Gasteiger partial charge < -0.3 is 20.1 Å². The minimum Gasteiger partial charge on any atom is -0.338 e. The number of hydrogen-bond acceptors (Lipinski definition) is 6. The fourth-order valence-corrected chi connectivity index (χ4v) is 4.67. The Hall–Kier alpha value is -4.86. The molecule has 0 fully saturated rings. The van der Waals surface area contributed by atoms with Crippen LogP contribution in [0.4, 0.5) is 36.3 Å². The zero-order valence-corrected chi connectivity index (χ0v) is 21.2. The van der Waals surface area contributed by atoms with E-state index in [9.17, 15) is 13.2 Å². The van der Waals surface area contributed by atoms with Crippen molar-refractivity contribution in [2.75, 3.05) is 22.2 Å². The molecule has 1 aliphatic rings. The van der Waals surface area contributed by atoms with Crippen LogP contribution in [0, 0.1) is 6.92 Å². The molecule has 0 radical (unpaired) electrons. The van der Waals surface area contributed by atoms with Crippen LogP contribution >= 0.6 is 0 Å². The Bertz CT molecular complexity index is 1710. The molecule has 1 aliphatic heterocycles. The summed E-state index contributed by atoms with van der Waals surface area (Å²) >= 11 is 0. The van der Waals surface area contributed by atoms with Gasteiger partial charge in [0.1, 0.15) is 17.5 Å². The minimum absolute atomic E-state index is 0.329. The number of H-pyrrole nitrogens is 1. The molecule has 2 N–H and O–H groups in total. The fourth-order valence-electron chi connectivity index (χ4n) is 4.67. The van der Waals surface area contributed by atoms with Gasteiger partial charge in [-0.1, -0.05) is 36.9 Å². The second-order valence-corrected chi connectivity index (χ2v) is 9.41. The van der Waals surface area contributed by atoms with E-state index in [4.69, 9.17) is 4.98 Å². The van der Waals surface area contributed by atoms with Crippen LogP contribution in [0.3, 0.4) is 0 Å². The van der Waals surface area contributed by atoms with Gasteiger partial charge in [0, 0.05) is 35.7 Å². The summed E-state index contributed by atoms with van der Waals surface area (Å²) in [6, 6.07) is 19.0. The molecule has 2 aromatic heterocycles. The molecule has 39 heavy (non-hydrogen) atoms. The van der Waals surface area contributed by atoms with Crippen molar-refractivity contribution in [3.05, 3.63) is 102 Å². The van der Waals surface area contributed by atoms with Crippen LogP contribution in [0.5, 0.6) is 0 Å². The van der Waals surface area contributed by atoms with Crippen LogP contribution in [-0.4, -0.2) is 27.0 Å². The highest BCUT2D eigenvalue weighted by Crippen LogP contribution is 2.37. The van der Waals surface area contributed by atoms with E-state index in [-0.39, 0.29) is 0 Å². The molecule has 3 aromatic carbocycles. The highest BCUT2D eigenvalue weighted by molar-refractivity contribution is 5.81. The Morgan fingerprint density at radius 1 is 1.00 bits per heavy atom. The summed E-state index contributed by atoms with van der Waals surface area (Å²) in [5.74, 6) is 2.47. The third-order valence-corrected chi connectivity index (χ3v) is 6.80. The van der Waals surface area contributed by atoms with Crippen molar-refractivity contribution < 1.29 is 13.2 Å². The zero-order valence-electron chi connectivity index (χ0n) is 21.2. The van der Waals surface area contributed by atoms with Crippen molar-refractivity contribution in [3.8, 4) is 11.4 Å². The summed E-state index contributed by atoms with van der Waals surface area (Å²) in [6.07, 6.45) is -2.62. The number of fused-ring (bicyclic) bond motifs is 2. The highest BCUT2D eigenvalue weighted by Gasteiger charge is 2.31. The first-order chi connectivity index (χ1) is 18.7. The van der Waals surface area contributed by atoms with Crippen LogP contribution in [0.1, 0.15) is 16.7 Å². The normalized spacial score (nSPS) is 13.6. The number of nitrogens with one attached hydrogen (secondary N) is 2. The number of aryl methyl sites for hydroxylation is 1. The van der Waals surface area contributed by atoms with Crippen molar-refractivity contribution >= 4 is 34.2 Å². The standard InChI is InChI=1S/C29H24F3N7/c1-17-9-10-19(26-35-23-12-11-21(29(30,31)32)14-24(23)36-26)13-25(17)39-16-20-15-33-28(34-22-7-5-4-6-8-22)37-27(20)38(3)18(39)2/h4-15H,2,16H2,1,3H3,(H,35,36)(H,33,34,37). The van der Waals surface area contributed by atoms with Crippen LogP contribution in [0.15, 0.2) is 85.3 Å². The van der Waals surface area contributed by atoms with Crippen molar-refractivity contribution in [1.82, 2.24) is 19.9 Å². The Morgan fingerprint density at radius 2 is 1.79 bits per heavy atom. The van der Waals surface area contributed by atoms with E-state index < -0.39 is 11.7 Å². The van der Waals surface area contributed by atoms with Crippen molar-refractivity contribution in [2.24, 2.45) is 0 Å². The molecule has 6 rings (SSSR count). The molecule has 10 heteroatoms. The van der Waals surface area contributed by atoms with Crippen LogP contribution < -0.4 is 15.1 Å². The molecule has 3 heterocycles. The summed E-state index contributed by atoms with van der Waals surface area (Å²) in [4.78, 5) is 20.8. The predicted octanol–water partition coefficient (Wildman–Crippen LogP) is 7.02. The molecule has 5 aromatic rings. The molecule has 0 saturated heterocycles. The summed E-state index contributed by atoms with van der Waals surface area (Å²) in [7, 11) is 1.91.